The predicted octanol–water partition coefficient (Wildman–Crippen LogP) is 2.47. The molecule has 2 aromatic rings. The van der Waals surface area contributed by atoms with Crippen LogP contribution in [-0.4, -0.2) is 9.55 Å². The third kappa shape index (κ3) is 1.46. The van der Waals surface area contributed by atoms with Gasteiger partial charge >= 0.3 is 0 Å². The highest BCUT2D eigenvalue weighted by Gasteiger charge is 2.27. The molecule has 0 unspecified atom stereocenters. The number of aromatic nitrogens is 2. The number of nitrogens with zero attached hydrogens (tertiary/aromatic N) is 2. The van der Waals surface area contributed by atoms with Crippen LogP contribution < -0.4 is 5.73 Å². The van der Waals surface area contributed by atoms with Crippen molar-refractivity contribution in [2.24, 2.45) is 0 Å². The molecule has 1 aliphatic carbocycles. The van der Waals surface area contributed by atoms with Gasteiger partial charge in [0.2, 0.25) is 0 Å². The third-order valence-electron chi connectivity index (χ3n) is 2.89. The molecule has 1 aromatic heterocycles. The molecule has 82 valence electrons. The zero-order chi connectivity index (χ0) is 11.1. The second-order valence-electron chi connectivity index (χ2n) is 4.17. The summed E-state index contributed by atoms with van der Waals surface area (Å²) in [7, 11) is 0. The maximum Gasteiger partial charge on any atom is 0.147 e. The molecule has 3 rings (SSSR count). The minimum absolute atomic E-state index is 0.269. The molecule has 1 fully saturated rings. The van der Waals surface area contributed by atoms with Crippen LogP contribution in [0.5, 0.6) is 0 Å². The van der Waals surface area contributed by atoms with E-state index in [2.05, 4.69) is 4.98 Å². The molecule has 1 aromatic carbocycles. The highest BCUT2D eigenvalue weighted by atomic mass is 19.1. The van der Waals surface area contributed by atoms with E-state index in [0.717, 1.165) is 18.5 Å². The monoisotopic (exact) mass is 217 g/mol. The second kappa shape index (κ2) is 3.33. The molecule has 1 heterocycles. The van der Waals surface area contributed by atoms with E-state index in [1.807, 2.05) is 0 Å². The van der Waals surface area contributed by atoms with E-state index in [0.29, 0.717) is 17.3 Å². The fourth-order valence-corrected chi connectivity index (χ4v) is 1.90. The minimum atomic E-state index is -0.269. The number of anilines is 1. The Kier molecular flexibility index (Phi) is 1.96. The predicted molar refractivity (Wildman–Crippen MR) is 59.9 cm³/mol. The quantitative estimate of drug-likeness (QED) is 0.785. The third-order valence-corrected chi connectivity index (χ3v) is 2.89. The van der Waals surface area contributed by atoms with Crippen molar-refractivity contribution in [3.05, 3.63) is 42.2 Å². The Balaban J connectivity index is 2.13. The molecule has 16 heavy (non-hydrogen) atoms. The smallest absolute Gasteiger partial charge is 0.147 e. The summed E-state index contributed by atoms with van der Waals surface area (Å²) in [6.45, 7) is 0. The van der Waals surface area contributed by atoms with E-state index in [-0.39, 0.29) is 5.82 Å². The van der Waals surface area contributed by atoms with Crippen molar-refractivity contribution in [1.82, 2.24) is 9.55 Å². The van der Waals surface area contributed by atoms with Gasteiger partial charge in [-0.2, -0.15) is 0 Å². The fourth-order valence-electron chi connectivity index (χ4n) is 1.90. The van der Waals surface area contributed by atoms with Gasteiger partial charge in [0.1, 0.15) is 5.82 Å². The number of hydrogen-bond acceptors (Lipinski definition) is 2. The summed E-state index contributed by atoms with van der Waals surface area (Å²) in [4.78, 5) is 4.09. The largest absolute Gasteiger partial charge is 0.399 e. The molecule has 0 atom stereocenters. The lowest BCUT2D eigenvalue weighted by molar-refractivity contribution is 0.616. The number of rotatable bonds is 2. The zero-order valence-electron chi connectivity index (χ0n) is 8.73. The Morgan fingerprint density at radius 3 is 2.94 bits per heavy atom. The SMILES string of the molecule is Nc1ccc(F)c(-n2cncc2C2CC2)c1. The Labute approximate surface area is 92.7 Å². The van der Waals surface area contributed by atoms with Gasteiger partial charge in [0, 0.05) is 23.5 Å². The van der Waals surface area contributed by atoms with Gasteiger partial charge in [0.15, 0.2) is 0 Å². The van der Waals surface area contributed by atoms with E-state index in [1.54, 1.807) is 29.2 Å². The summed E-state index contributed by atoms with van der Waals surface area (Å²) in [5, 5.41) is 0. The molecule has 4 heteroatoms. The first-order valence-electron chi connectivity index (χ1n) is 5.33. The normalized spacial score (nSPS) is 15.3. The van der Waals surface area contributed by atoms with Gasteiger partial charge in [0.05, 0.1) is 12.0 Å². The topological polar surface area (TPSA) is 43.8 Å². The first-order chi connectivity index (χ1) is 7.75. The van der Waals surface area contributed by atoms with Crippen molar-refractivity contribution in [3.8, 4) is 5.69 Å². The first-order valence-corrected chi connectivity index (χ1v) is 5.33. The maximum atomic E-state index is 13.7. The molecule has 1 saturated carbocycles. The van der Waals surface area contributed by atoms with Gasteiger partial charge in [-0.1, -0.05) is 0 Å². The molecular weight excluding hydrogens is 205 g/mol. The van der Waals surface area contributed by atoms with Gasteiger partial charge in [-0.25, -0.2) is 9.37 Å². The average molecular weight is 217 g/mol. The minimum Gasteiger partial charge on any atom is -0.399 e. The molecule has 0 saturated heterocycles. The van der Waals surface area contributed by atoms with E-state index in [1.165, 1.54) is 6.07 Å². The Hall–Kier alpha value is -1.84. The van der Waals surface area contributed by atoms with E-state index in [9.17, 15) is 4.39 Å². The van der Waals surface area contributed by atoms with Crippen molar-refractivity contribution < 1.29 is 4.39 Å². The van der Waals surface area contributed by atoms with Gasteiger partial charge in [0.25, 0.3) is 0 Å². The zero-order valence-corrected chi connectivity index (χ0v) is 8.73. The van der Waals surface area contributed by atoms with Crippen molar-refractivity contribution in [1.29, 1.82) is 0 Å². The van der Waals surface area contributed by atoms with Crippen LogP contribution in [0.3, 0.4) is 0 Å². The van der Waals surface area contributed by atoms with Gasteiger partial charge in [-0.05, 0) is 31.0 Å². The number of nitrogen functional groups attached to an aromatic ring is 1. The average Bonchev–Trinajstić information content (AvgIpc) is 3.01. The van der Waals surface area contributed by atoms with Crippen LogP contribution in [0.4, 0.5) is 10.1 Å². The lowest BCUT2D eigenvalue weighted by Gasteiger charge is -2.09. The summed E-state index contributed by atoms with van der Waals surface area (Å²) in [6, 6.07) is 4.59. The molecule has 0 aliphatic heterocycles. The Morgan fingerprint density at radius 2 is 2.19 bits per heavy atom. The lowest BCUT2D eigenvalue weighted by Crippen LogP contribution is -2.01. The molecule has 0 amide bonds. The maximum absolute atomic E-state index is 13.7. The summed E-state index contributed by atoms with van der Waals surface area (Å²) in [5.41, 5.74) is 7.80. The summed E-state index contributed by atoms with van der Waals surface area (Å²) < 4.78 is 15.5. The molecule has 2 N–H and O–H groups in total. The van der Waals surface area contributed by atoms with Crippen LogP contribution in [-0.2, 0) is 0 Å². The van der Waals surface area contributed by atoms with Crippen LogP contribution in [0.15, 0.2) is 30.7 Å². The van der Waals surface area contributed by atoms with Crippen molar-refractivity contribution >= 4 is 5.69 Å². The van der Waals surface area contributed by atoms with Gasteiger partial charge in [-0.15, -0.1) is 0 Å². The Bertz CT molecular complexity index is 529. The molecule has 0 bridgehead atoms. The standard InChI is InChI=1S/C12H12FN3/c13-10-4-3-9(14)5-11(10)16-7-15-6-12(16)8-1-2-8/h3-8H,1-2,14H2. The van der Waals surface area contributed by atoms with Crippen LogP contribution in [0, 0.1) is 5.82 Å². The van der Waals surface area contributed by atoms with Crippen LogP contribution in [0.1, 0.15) is 24.5 Å². The number of imidazole rings is 1. The number of halogens is 1. The summed E-state index contributed by atoms with van der Waals surface area (Å²) in [5.74, 6) is 0.262. The molecule has 3 nitrogen and oxygen atoms in total. The Morgan fingerprint density at radius 1 is 1.38 bits per heavy atom. The van der Waals surface area contributed by atoms with Crippen LogP contribution in [0.2, 0.25) is 0 Å². The highest BCUT2D eigenvalue weighted by molar-refractivity contribution is 5.49. The van der Waals surface area contributed by atoms with Crippen LogP contribution in [0.25, 0.3) is 5.69 Å². The number of nitrogens with two attached hydrogens (primary N) is 1. The van der Waals surface area contributed by atoms with Crippen molar-refractivity contribution in [2.45, 2.75) is 18.8 Å². The van der Waals surface area contributed by atoms with Crippen LogP contribution >= 0.6 is 0 Å². The first kappa shape index (κ1) is 9.39. The number of hydrogen-bond donors (Lipinski definition) is 1. The molecule has 0 radical (unpaired) electrons. The number of benzene rings is 1. The van der Waals surface area contributed by atoms with E-state index in [4.69, 9.17) is 5.73 Å². The van der Waals surface area contributed by atoms with Crippen molar-refractivity contribution in [3.63, 3.8) is 0 Å². The van der Waals surface area contributed by atoms with E-state index >= 15 is 0 Å². The van der Waals surface area contributed by atoms with Crippen molar-refractivity contribution in [2.75, 3.05) is 5.73 Å². The fraction of sp³-hybridized carbons (Fsp3) is 0.250. The molecular formula is C12H12FN3. The summed E-state index contributed by atoms with van der Waals surface area (Å²) >= 11 is 0. The van der Waals surface area contributed by atoms with Gasteiger partial charge < -0.3 is 5.73 Å². The second-order valence-corrected chi connectivity index (χ2v) is 4.17. The highest BCUT2D eigenvalue weighted by Crippen LogP contribution is 2.40. The lowest BCUT2D eigenvalue weighted by atomic mass is 10.2. The summed E-state index contributed by atoms with van der Waals surface area (Å²) in [6.07, 6.45) is 5.77. The van der Waals surface area contributed by atoms with Gasteiger partial charge in [-0.3, -0.25) is 4.57 Å². The molecule has 1 aliphatic rings. The molecule has 0 spiro atoms. The van der Waals surface area contributed by atoms with E-state index < -0.39 is 0 Å².